The smallest absolute Gasteiger partial charge is 0.306 e. The van der Waals surface area contributed by atoms with Crippen LogP contribution in [0.15, 0.2) is 24.5 Å². The number of hydrogen-bond acceptors (Lipinski definition) is 2. The molecule has 0 saturated carbocycles. The van der Waals surface area contributed by atoms with Gasteiger partial charge in [0.05, 0.1) is 5.92 Å². The van der Waals surface area contributed by atoms with E-state index in [2.05, 4.69) is 4.98 Å². The highest BCUT2D eigenvalue weighted by Gasteiger charge is 2.19. The van der Waals surface area contributed by atoms with Crippen molar-refractivity contribution in [1.82, 2.24) is 4.98 Å². The van der Waals surface area contributed by atoms with Gasteiger partial charge in [0.1, 0.15) is 0 Å². The van der Waals surface area contributed by atoms with Gasteiger partial charge in [-0.05, 0) is 30.4 Å². The Morgan fingerprint density at radius 3 is 2.73 bits per heavy atom. The topological polar surface area (TPSA) is 50.2 Å². The average molecular weight is 207 g/mol. The van der Waals surface area contributed by atoms with E-state index in [1.807, 2.05) is 26.0 Å². The molecule has 1 atom stereocenters. The number of nitrogens with zero attached hydrogens (tertiary/aromatic N) is 1. The molecular formula is C12H17NO2. The predicted molar refractivity (Wildman–Crippen MR) is 58.5 cm³/mol. The predicted octanol–water partition coefficient (Wildman–Crippen LogP) is 2.37. The zero-order valence-electron chi connectivity index (χ0n) is 9.18. The molecule has 0 spiro atoms. The van der Waals surface area contributed by atoms with Gasteiger partial charge < -0.3 is 5.11 Å². The van der Waals surface area contributed by atoms with Crippen molar-refractivity contribution >= 4 is 5.97 Å². The van der Waals surface area contributed by atoms with Crippen molar-refractivity contribution in [1.29, 1.82) is 0 Å². The Morgan fingerprint density at radius 1 is 1.53 bits per heavy atom. The van der Waals surface area contributed by atoms with E-state index in [9.17, 15) is 4.79 Å². The molecule has 0 radical (unpaired) electrons. The third-order valence-corrected chi connectivity index (χ3v) is 2.31. The van der Waals surface area contributed by atoms with Gasteiger partial charge in [0.25, 0.3) is 0 Å². The first kappa shape index (κ1) is 11.7. The maximum atomic E-state index is 11.0. The maximum Gasteiger partial charge on any atom is 0.306 e. The molecule has 82 valence electrons. The zero-order valence-corrected chi connectivity index (χ0v) is 9.18. The van der Waals surface area contributed by atoms with E-state index in [-0.39, 0.29) is 5.92 Å². The number of carboxylic acid groups (broad SMARTS) is 1. The van der Waals surface area contributed by atoms with Gasteiger partial charge in [0, 0.05) is 12.4 Å². The van der Waals surface area contributed by atoms with Crippen LogP contribution in [-0.4, -0.2) is 16.1 Å². The van der Waals surface area contributed by atoms with Gasteiger partial charge in [-0.3, -0.25) is 9.78 Å². The minimum Gasteiger partial charge on any atom is -0.481 e. The Kier molecular flexibility index (Phi) is 4.28. The van der Waals surface area contributed by atoms with E-state index in [0.29, 0.717) is 18.8 Å². The molecule has 1 N–H and O–H groups in total. The summed E-state index contributed by atoms with van der Waals surface area (Å²) in [6, 6.07) is 3.76. The summed E-state index contributed by atoms with van der Waals surface area (Å²) in [6.45, 7) is 4.08. The van der Waals surface area contributed by atoms with Crippen LogP contribution in [0.3, 0.4) is 0 Å². The quantitative estimate of drug-likeness (QED) is 0.806. The Morgan fingerprint density at radius 2 is 2.27 bits per heavy atom. The highest BCUT2D eigenvalue weighted by atomic mass is 16.4. The SMILES string of the molecule is CC(C)CC(Cc1cccnc1)C(=O)O. The van der Waals surface area contributed by atoms with Crippen LogP contribution in [0, 0.1) is 11.8 Å². The average Bonchev–Trinajstić information content (AvgIpc) is 2.17. The summed E-state index contributed by atoms with van der Waals surface area (Å²) in [7, 11) is 0. The van der Waals surface area contributed by atoms with Crippen molar-refractivity contribution in [2.45, 2.75) is 26.7 Å². The highest BCUT2D eigenvalue weighted by molar-refractivity contribution is 5.70. The number of pyridine rings is 1. The number of carboxylic acids is 1. The van der Waals surface area contributed by atoms with E-state index in [4.69, 9.17) is 5.11 Å². The zero-order chi connectivity index (χ0) is 11.3. The third-order valence-electron chi connectivity index (χ3n) is 2.31. The second-order valence-corrected chi connectivity index (χ2v) is 4.23. The summed E-state index contributed by atoms with van der Waals surface area (Å²) in [5.41, 5.74) is 0.991. The molecule has 0 aliphatic rings. The van der Waals surface area contributed by atoms with E-state index in [1.165, 1.54) is 0 Å². The molecule has 1 aromatic heterocycles. The Bertz CT molecular complexity index is 309. The van der Waals surface area contributed by atoms with Crippen LogP contribution in [-0.2, 0) is 11.2 Å². The fraction of sp³-hybridized carbons (Fsp3) is 0.500. The number of rotatable bonds is 5. The second kappa shape index (κ2) is 5.49. The molecule has 0 amide bonds. The summed E-state index contributed by atoms with van der Waals surface area (Å²) in [6.07, 6.45) is 4.71. The lowest BCUT2D eigenvalue weighted by molar-refractivity contribution is -0.142. The van der Waals surface area contributed by atoms with Crippen LogP contribution in [0.25, 0.3) is 0 Å². The fourth-order valence-corrected chi connectivity index (χ4v) is 1.64. The molecule has 1 heterocycles. The number of aromatic nitrogens is 1. The van der Waals surface area contributed by atoms with Crippen LogP contribution in [0.1, 0.15) is 25.8 Å². The lowest BCUT2D eigenvalue weighted by atomic mass is 9.92. The number of carbonyl (C=O) groups is 1. The molecule has 15 heavy (non-hydrogen) atoms. The van der Waals surface area contributed by atoms with Crippen LogP contribution >= 0.6 is 0 Å². The highest BCUT2D eigenvalue weighted by Crippen LogP contribution is 2.17. The van der Waals surface area contributed by atoms with Crippen LogP contribution in [0.4, 0.5) is 0 Å². The lowest BCUT2D eigenvalue weighted by Gasteiger charge is -2.14. The third kappa shape index (κ3) is 4.11. The van der Waals surface area contributed by atoms with E-state index < -0.39 is 5.97 Å². The molecule has 0 saturated heterocycles. The van der Waals surface area contributed by atoms with Gasteiger partial charge >= 0.3 is 5.97 Å². The summed E-state index contributed by atoms with van der Waals surface area (Å²) in [5, 5.41) is 9.06. The van der Waals surface area contributed by atoms with Crippen LogP contribution < -0.4 is 0 Å². The molecule has 1 rings (SSSR count). The van der Waals surface area contributed by atoms with Crippen molar-refractivity contribution in [2.24, 2.45) is 11.8 Å². The van der Waals surface area contributed by atoms with Gasteiger partial charge in [-0.1, -0.05) is 19.9 Å². The Balaban J connectivity index is 2.63. The summed E-state index contributed by atoms with van der Waals surface area (Å²) in [4.78, 5) is 15.0. The van der Waals surface area contributed by atoms with Gasteiger partial charge in [0.2, 0.25) is 0 Å². The van der Waals surface area contributed by atoms with E-state index in [1.54, 1.807) is 12.4 Å². The molecule has 0 aliphatic carbocycles. The largest absolute Gasteiger partial charge is 0.481 e. The summed E-state index contributed by atoms with van der Waals surface area (Å²) >= 11 is 0. The lowest BCUT2D eigenvalue weighted by Crippen LogP contribution is -2.18. The van der Waals surface area contributed by atoms with Crippen molar-refractivity contribution in [3.63, 3.8) is 0 Å². The normalized spacial score (nSPS) is 12.7. The van der Waals surface area contributed by atoms with Gasteiger partial charge in [-0.2, -0.15) is 0 Å². The number of hydrogen-bond donors (Lipinski definition) is 1. The molecule has 0 aromatic carbocycles. The van der Waals surface area contributed by atoms with Gasteiger partial charge in [0.15, 0.2) is 0 Å². The summed E-state index contributed by atoms with van der Waals surface area (Å²) < 4.78 is 0. The minimum atomic E-state index is -0.715. The van der Waals surface area contributed by atoms with Crippen LogP contribution in [0.2, 0.25) is 0 Å². The minimum absolute atomic E-state index is 0.297. The van der Waals surface area contributed by atoms with E-state index in [0.717, 1.165) is 5.56 Å². The Labute approximate surface area is 90.2 Å². The molecule has 1 unspecified atom stereocenters. The fourth-order valence-electron chi connectivity index (χ4n) is 1.64. The number of aliphatic carboxylic acids is 1. The molecular weight excluding hydrogens is 190 g/mol. The monoisotopic (exact) mass is 207 g/mol. The molecule has 3 nitrogen and oxygen atoms in total. The van der Waals surface area contributed by atoms with Crippen molar-refractivity contribution < 1.29 is 9.90 Å². The Hall–Kier alpha value is -1.38. The van der Waals surface area contributed by atoms with Gasteiger partial charge in [-0.25, -0.2) is 0 Å². The molecule has 3 heteroatoms. The second-order valence-electron chi connectivity index (χ2n) is 4.23. The first-order valence-electron chi connectivity index (χ1n) is 5.21. The van der Waals surface area contributed by atoms with Gasteiger partial charge in [-0.15, -0.1) is 0 Å². The molecule has 0 bridgehead atoms. The van der Waals surface area contributed by atoms with Crippen molar-refractivity contribution in [2.75, 3.05) is 0 Å². The van der Waals surface area contributed by atoms with Crippen LogP contribution in [0.5, 0.6) is 0 Å². The molecule has 0 aliphatic heterocycles. The maximum absolute atomic E-state index is 11.0. The van der Waals surface area contributed by atoms with E-state index >= 15 is 0 Å². The first-order chi connectivity index (χ1) is 7.09. The molecule has 1 aromatic rings. The first-order valence-corrected chi connectivity index (χ1v) is 5.21. The van der Waals surface area contributed by atoms with Crippen molar-refractivity contribution in [3.05, 3.63) is 30.1 Å². The molecule has 0 fully saturated rings. The standard InChI is InChI=1S/C12H17NO2/c1-9(2)6-11(12(14)15)7-10-4-3-5-13-8-10/h3-5,8-9,11H,6-7H2,1-2H3,(H,14,15). The summed E-state index contributed by atoms with van der Waals surface area (Å²) in [5.74, 6) is -0.607. The van der Waals surface area contributed by atoms with Crippen molar-refractivity contribution in [3.8, 4) is 0 Å².